The molecule has 1 rings (SSSR count). The number of unbranched alkanes of at least 4 members (excludes halogenated alkanes) is 1. The van der Waals surface area contributed by atoms with Crippen molar-refractivity contribution in [3.8, 4) is 0 Å². The summed E-state index contributed by atoms with van der Waals surface area (Å²) in [6.07, 6.45) is 3.38. The van der Waals surface area contributed by atoms with Crippen LogP contribution in [-0.4, -0.2) is 49.8 Å². The molecule has 1 heterocycles. The van der Waals surface area contributed by atoms with E-state index in [9.17, 15) is 0 Å². The largest absolute Gasteiger partial charge is 0.373 e. The lowest BCUT2D eigenvalue weighted by atomic mass is 10.2. The van der Waals surface area contributed by atoms with Crippen molar-refractivity contribution in [3.05, 3.63) is 0 Å². The molecule has 0 unspecified atom stereocenters. The Bertz CT molecular complexity index is 187. The first kappa shape index (κ1) is 14.9. The number of ether oxygens (including phenoxy) is 1. The number of hydrogen-bond donors (Lipinski definition) is 1. The van der Waals surface area contributed by atoms with Crippen LogP contribution in [0.4, 0.5) is 0 Å². The molecule has 0 bridgehead atoms. The third kappa shape index (κ3) is 7.02. The molecule has 0 amide bonds. The zero-order valence-electron chi connectivity index (χ0n) is 12.0. The third-order valence-corrected chi connectivity index (χ3v) is 3.13. The van der Waals surface area contributed by atoms with Crippen molar-refractivity contribution in [2.45, 2.75) is 52.7 Å². The first-order valence-corrected chi connectivity index (χ1v) is 7.16. The van der Waals surface area contributed by atoms with Crippen molar-refractivity contribution in [2.75, 3.05) is 32.7 Å². The van der Waals surface area contributed by atoms with Crippen molar-refractivity contribution < 1.29 is 4.74 Å². The number of nitrogens with one attached hydrogen (secondary N) is 1. The van der Waals surface area contributed by atoms with Gasteiger partial charge in [-0.1, -0.05) is 13.8 Å². The van der Waals surface area contributed by atoms with Gasteiger partial charge in [-0.05, 0) is 52.2 Å². The molecule has 1 saturated heterocycles. The van der Waals surface area contributed by atoms with Gasteiger partial charge in [0.1, 0.15) is 0 Å². The number of morpholine rings is 1. The van der Waals surface area contributed by atoms with Crippen molar-refractivity contribution >= 4 is 0 Å². The van der Waals surface area contributed by atoms with Gasteiger partial charge in [0.15, 0.2) is 0 Å². The van der Waals surface area contributed by atoms with E-state index in [1.807, 2.05) is 0 Å². The minimum atomic E-state index is 0.401. The Labute approximate surface area is 107 Å². The summed E-state index contributed by atoms with van der Waals surface area (Å²) in [7, 11) is 0. The smallest absolute Gasteiger partial charge is 0.0678 e. The summed E-state index contributed by atoms with van der Waals surface area (Å²) < 4.78 is 5.73. The van der Waals surface area contributed by atoms with E-state index < -0.39 is 0 Å². The molecule has 1 fully saturated rings. The highest BCUT2D eigenvalue weighted by molar-refractivity contribution is 4.72. The molecule has 1 aliphatic rings. The second-order valence-electron chi connectivity index (χ2n) is 5.82. The van der Waals surface area contributed by atoms with Crippen LogP contribution in [0.3, 0.4) is 0 Å². The van der Waals surface area contributed by atoms with Crippen LogP contribution in [0, 0.1) is 5.92 Å². The number of rotatable bonds is 7. The highest BCUT2D eigenvalue weighted by Crippen LogP contribution is 2.11. The zero-order valence-corrected chi connectivity index (χ0v) is 12.0. The van der Waals surface area contributed by atoms with Gasteiger partial charge < -0.3 is 10.1 Å². The molecule has 3 nitrogen and oxygen atoms in total. The third-order valence-electron chi connectivity index (χ3n) is 3.13. The maximum Gasteiger partial charge on any atom is 0.0678 e. The van der Waals surface area contributed by atoms with Crippen LogP contribution in [0.15, 0.2) is 0 Å². The molecule has 102 valence electrons. The van der Waals surface area contributed by atoms with Crippen LogP contribution in [-0.2, 0) is 4.74 Å². The van der Waals surface area contributed by atoms with Gasteiger partial charge in [0.25, 0.3) is 0 Å². The lowest BCUT2D eigenvalue weighted by molar-refractivity contribution is -0.0681. The minimum Gasteiger partial charge on any atom is -0.373 e. The first-order chi connectivity index (χ1) is 8.08. The van der Waals surface area contributed by atoms with Gasteiger partial charge in [0.2, 0.25) is 0 Å². The maximum atomic E-state index is 5.73. The van der Waals surface area contributed by atoms with Gasteiger partial charge >= 0.3 is 0 Å². The highest BCUT2D eigenvalue weighted by atomic mass is 16.5. The molecule has 0 radical (unpaired) electrons. The Morgan fingerprint density at radius 1 is 1.18 bits per heavy atom. The predicted octanol–water partition coefficient (Wildman–Crippen LogP) is 2.12. The van der Waals surface area contributed by atoms with E-state index in [1.54, 1.807) is 0 Å². The van der Waals surface area contributed by atoms with Gasteiger partial charge in [-0.15, -0.1) is 0 Å². The van der Waals surface area contributed by atoms with E-state index in [0.29, 0.717) is 12.2 Å². The Kier molecular flexibility index (Phi) is 7.09. The second-order valence-corrected chi connectivity index (χ2v) is 5.82. The molecule has 0 aliphatic carbocycles. The van der Waals surface area contributed by atoms with Gasteiger partial charge in [0, 0.05) is 13.1 Å². The van der Waals surface area contributed by atoms with E-state index in [0.717, 1.165) is 32.1 Å². The quantitative estimate of drug-likeness (QED) is 0.692. The SMILES string of the molecule is CC(C)CNCCCCN1C[C@@H](C)O[C@@H](C)C1. The summed E-state index contributed by atoms with van der Waals surface area (Å²) in [5.41, 5.74) is 0. The fourth-order valence-electron chi connectivity index (χ4n) is 2.44. The molecule has 0 aromatic heterocycles. The number of nitrogens with zero attached hydrogens (tertiary/aromatic N) is 1. The molecule has 1 N–H and O–H groups in total. The molecule has 0 aromatic carbocycles. The molecule has 2 atom stereocenters. The van der Waals surface area contributed by atoms with Crippen molar-refractivity contribution in [2.24, 2.45) is 5.92 Å². The topological polar surface area (TPSA) is 24.5 Å². The molecule has 0 spiro atoms. The summed E-state index contributed by atoms with van der Waals surface area (Å²) in [4.78, 5) is 2.54. The van der Waals surface area contributed by atoms with Gasteiger partial charge in [0.05, 0.1) is 12.2 Å². The van der Waals surface area contributed by atoms with E-state index >= 15 is 0 Å². The van der Waals surface area contributed by atoms with E-state index in [2.05, 4.69) is 37.9 Å². The van der Waals surface area contributed by atoms with E-state index in [1.165, 1.54) is 19.4 Å². The molecular formula is C14H30N2O. The standard InChI is InChI=1S/C14H30N2O/c1-12(2)9-15-7-5-6-8-16-10-13(3)17-14(4)11-16/h12-15H,5-11H2,1-4H3/t13-,14+. The van der Waals surface area contributed by atoms with Crippen LogP contribution in [0.5, 0.6) is 0 Å². The first-order valence-electron chi connectivity index (χ1n) is 7.16. The monoisotopic (exact) mass is 242 g/mol. The number of hydrogen-bond acceptors (Lipinski definition) is 3. The lowest BCUT2D eigenvalue weighted by Gasteiger charge is -2.35. The van der Waals surface area contributed by atoms with Crippen LogP contribution in [0.1, 0.15) is 40.5 Å². The Morgan fingerprint density at radius 2 is 1.82 bits per heavy atom. The van der Waals surface area contributed by atoms with Gasteiger partial charge in [-0.25, -0.2) is 0 Å². The van der Waals surface area contributed by atoms with Crippen LogP contribution >= 0.6 is 0 Å². The fraction of sp³-hybridized carbons (Fsp3) is 1.00. The lowest BCUT2D eigenvalue weighted by Crippen LogP contribution is -2.45. The second kappa shape index (κ2) is 8.06. The highest BCUT2D eigenvalue weighted by Gasteiger charge is 2.21. The molecule has 1 aliphatic heterocycles. The summed E-state index contributed by atoms with van der Waals surface area (Å²) in [5, 5.41) is 3.50. The van der Waals surface area contributed by atoms with Gasteiger partial charge in [-0.2, -0.15) is 0 Å². The Hall–Kier alpha value is -0.120. The maximum absolute atomic E-state index is 5.73. The summed E-state index contributed by atoms with van der Waals surface area (Å²) in [6, 6.07) is 0. The summed E-state index contributed by atoms with van der Waals surface area (Å²) in [5.74, 6) is 0.760. The fourth-order valence-corrected chi connectivity index (χ4v) is 2.44. The van der Waals surface area contributed by atoms with Gasteiger partial charge in [-0.3, -0.25) is 4.90 Å². The molecule has 3 heteroatoms. The van der Waals surface area contributed by atoms with Crippen LogP contribution < -0.4 is 5.32 Å². The molecular weight excluding hydrogens is 212 g/mol. The molecule has 0 aromatic rings. The average molecular weight is 242 g/mol. The summed E-state index contributed by atoms with van der Waals surface area (Å²) >= 11 is 0. The normalized spacial score (nSPS) is 26.6. The summed E-state index contributed by atoms with van der Waals surface area (Å²) in [6.45, 7) is 14.6. The predicted molar refractivity (Wildman–Crippen MR) is 73.4 cm³/mol. The van der Waals surface area contributed by atoms with Crippen molar-refractivity contribution in [1.29, 1.82) is 0 Å². The molecule has 17 heavy (non-hydrogen) atoms. The van der Waals surface area contributed by atoms with Crippen LogP contribution in [0.25, 0.3) is 0 Å². The van der Waals surface area contributed by atoms with Crippen molar-refractivity contribution in [1.82, 2.24) is 10.2 Å². The van der Waals surface area contributed by atoms with Crippen molar-refractivity contribution in [3.63, 3.8) is 0 Å². The van der Waals surface area contributed by atoms with E-state index in [4.69, 9.17) is 4.74 Å². The average Bonchev–Trinajstić information content (AvgIpc) is 2.21. The van der Waals surface area contributed by atoms with Crippen LogP contribution in [0.2, 0.25) is 0 Å². The minimum absolute atomic E-state index is 0.401. The zero-order chi connectivity index (χ0) is 12.7. The van der Waals surface area contributed by atoms with E-state index in [-0.39, 0.29) is 0 Å². The molecule has 0 saturated carbocycles. The Balaban J connectivity index is 1.98. The Morgan fingerprint density at radius 3 is 2.41 bits per heavy atom.